The Morgan fingerprint density at radius 3 is 2.89 bits per heavy atom. The lowest BCUT2D eigenvalue weighted by Gasteiger charge is -2.03. The minimum absolute atomic E-state index is 0.0118. The van der Waals surface area contributed by atoms with E-state index in [-0.39, 0.29) is 5.70 Å². The zero-order valence-electron chi connectivity index (χ0n) is 9.92. The summed E-state index contributed by atoms with van der Waals surface area (Å²) in [6.07, 6.45) is 1.80. The van der Waals surface area contributed by atoms with Crippen molar-refractivity contribution in [2.24, 2.45) is 0 Å². The molecule has 7 heteroatoms. The van der Waals surface area contributed by atoms with Gasteiger partial charge in [-0.25, -0.2) is 0 Å². The van der Waals surface area contributed by atoms with Gasteiger partial charge in [0.2, 0.25) is 5.70 Å². The quantitative estimate of drug-likeness (QED) is 0.685. The van der Waals surface area contributed by atoms with E-state index >= 15 is 0 Å². The molecule has 0 aromatic heterocycles. The number of nitro groups is 1. The molecule has 100 valence electrons. The Morgan fingerprint density at radius 1 is 1.63 bits per heavy atom. The van der Waals surface area contributed by atoms with Crippen LogP contribution < -0.4 is 0 Å². The van der Waals surface area contributed by atoms with Crippen LogP contribution in [0, 0.1) is 10.1 Å². The van der Waals surface area contributed by atoms with E-state index in [4.69, 9.17) is 16.7 Å². The molecule has 0 bridgehead atoms. The highest BCUT2D eigenvalue weighted by Gasteiger charge is 2.28. The van der Waals surface area contributed by atoms with E-state index in [1.54, 1.807) is 12.1 Å². The van der Waals surface area contributed by atoms with Crippen LogP contribution in [0.25, 0.3) is 6.08 Å². The Bertz CT molecular complexity index is 600. The molecule has 0 spiro atoms. The summed E-state index contributed by atoms with van der Waals surface area (Å²) in [5.41, 5.74) is 1.40. The van der Waals surface area contributed by atoms with Crippen LogP contribution in [0.5, 0.6) is 0 Å². The van der Waals surface area contributed by atoms with Crippen molar-refractivity contribution in [2.45, 2.75) is 23.5 Å². The second-order valence-electron chi connectivity index (χ2n) is 4.17. The van der Waals surface area contributed by atoms with Crippen LogP contribution in [0.2, 0.25) is 5.02 Å². The van der Waals surface area contributed by atoms with E-state index in [2.05, 4.69) is 0 Å². The molecule has 1 N–H and O–H groups in total. The molecule has 1 atom stereocenters. The Labute approximate surface area is 118 Å². The maximum atomic E-state index is 11.0. The molecule has 19 heavy (non-hydrogen) atoms. The van der Waals surface area contributed by atoms with Crippen LogP contribution in [0.4, 0.5) is 0 Å². The molecule has 0 amide bonds. The minimum Gasteiger partial charge on any atom is -0.480 e. The fourth-order valence-electron chi connectivity index (χ4n) is 1.81. The molecule has 0 saturated heterocycles. The molecular weight excluding hydrogens is 290 g/mol. The van der Waals surface area contributed by atoms with Gasteiger partial charge in [0.1, 0.15) is 5.25 Å². The smallest absolute Gasteiger partial charge is 0.317 e. The van der Waals surface area contributed by atoms with Gasteiger partial charge in [-0.2, -0.15) is 0 Å². The second-order valence-corrected chi connectivity index (χ2v) is 5.82. The van der Waals surface area contributed by atoms with Crippen molar-refractivity contribution in [3.63, 3.8) is 0 Å². The number of thioether (sulfide) groups is 1. The van der Waals surface area contributed by atoms with Gasteiger partial charge in [0, 0.05) is 22.9 Å². The molecule has 1 aromatic rings. The Morgan fingerprint density at radius 2 is 2.32 bits per heavy atom. The number of carbonyl (C=O) groups is 1. The molecule has 0 radical (unpaired) electrons. The van der Waals surface area contributed by atoms with Crippen LogP contribution in [0.1, 0.15) is 18.1 Å². The number of nitrogens with zero attached hydrogens (tertiary/aromatic N) is 1. The topological polar surface area (TPSA) is 80.4 Å². The summed E-state index contributed by atoms with van der Waals surface area (Å²) in [5, 5.41) is 19.5. The first-order valence-corrected chi connectivity index (χ1v) is 6.69. The molecule has 0 saturated carbocycles. The zero-order valence-corrected chi connectivity index (χ0v) is 11.5. The Hall–Kier alpha value is -1.53. The summed E-state index contributed by atoms with van der Waals surface area (Å²) in [6, 6.07) is 3.39. The predicted octanol–water partition coefficient (Wildman–Crippen LogP) is 3.08. The molecule has 0 aliphatic carbocycles. The van der Waals surface area contributed by atoms with E-state index < -0.39 is 16.1 Å². The SMILES string of the molecule is CC(=Cc1cc2c(cc1Cl)SC(C(=O)O)C2)[N+](=O)[O-]. The van der Waals surface area contributed by atoms with E-state index in [0.717, 1.165) is 10.5 Å². The maximum absolute atomic E-state index is 11.0. The van der Waals surface area contributed by atoms with Gasteiger partial charge in [-0.1, -0.05) is 11.6 Å². The molecule has 1 aliphatic heterocycles. The monoisotopic (exact) mass is 299 g/mol. The Kier molecular flexibility index (Phi) is 3.82. The molecule has 1 heterocycles. The van der Waals surface area contributed by atoms with Crippen molar-refractivity contribution in [3.8, 4) is 0 Å². The number of hydrogen-bond acceptors (Lipinski definition) is 4. The number of allylic oxidation sites excluding steroid dienone is 1. The van der Waals surface area contributed by atoms with Gasteiger partial charge in [0.25, 0.3) is 0 Å². The van der Waals surface area contributed by atoms with E-state index in [1.807, 2.05) is 0 Å². The zero-order chi connectivity index (χ0) is 14.2. The summed E-state index contributed by atoms with van der Waals surface area (Å²) in [6.45, 7) is 1.39. The molecular formula is C12H10ClNO4S. The van der Waals surface area contributed by atoms with Crippen LogP contribution in [-0.4, -0.2) is 21.2 Å². The summed E-state index contributed by atoms with van der Waals surface area (Å²) in [5.74, 6) is -0.865. The molecule has 1 aromatic carbocycles. The van der Waals surface area contributed by atoms with Crippen molar-refractivity contribution in [1.82, 2.24) is 0 Å². The van der Waals surface area contributed by atoms with Crippen molar-refractivity contribution >= 4 is 35.4 Å². The third kappa shape index (κ3) is 2.90. The first kappa shape index (κ1) is 13.9. The summed E-state index contributed by atoms with van der Waals surface area (Å²) in [4.78, 5) is 21.9. The van der Waals surface area contributed by atoms with Gasteiger partial charge in [-0.15, -0.1) is 11.8 Å². The lowest BCUT2D eigenvalue weighted by molar-refractivity contribution is -0.422. The minimum atomic E-state index is -0.865. The number of rotatable bonds is 3. The number of carboxylic acid groups (broad SMARTS) is 1. The number of aliphatic carboxylic acids is 1. The highest BCUT2D eigenvalue weighted by atomic mass is 35.5. The average Bonchev–Trinajstić information content (AvgIpc) is 2.72. The number of hydrogen-bond donors (Lipinski definition) is 1. The standard InChI is InChI=1S/C12H10ClNO4S/c1-6(14(17)18)2-7-3-8-4-11(12(15)16)19-10(8)5-9(7)13/h2-3,5,11H,4H2,1H3,(H,15,16). The molecule has 1 unspecified atom stereocenters. The average molecular weight is 300 g/mol. The van der Waals surface area contributed by atoms with Gasteiger partial charge >= 0.3 is 5.97 Å². The third-order valence-corrected chi connectivity index (χ3v) is 4.40. The van der Waals surface area contributed by atoms with Crippen LogP contribution in [0.3, 0.4) is 0 Å². The number of fused-ring (bicyclic) bond motifs is 1. The van der Waals surface area contributed by atoms with E-state index in [1.165, 1.54) is 24.8 Å². The fraction of sp³-hybridized carbons (Fsp3) is 0.250. The summed E-state index contributed by atoms with van der Waals surface area (Å²) < 4.78 is 0. The highest BCUT2D eigenvalue weighted by Crippen LogP contribution is 2.40. The summed E-state index contributed by atoms with van der Waals surface area (Å²) >= 11 is 7.31. The van der Waals surface area contributed by atoms with Crippen molar-refractivity contribution < 1.29 is 14.8 Å². The van der Waals surface area contributed by atoms with Crippen LogP contribution >= 0.6 is 23.4 Å². The third-order valence-electron chi connectivity index (χ3n) is 2.78. The number of carboxylic acids is 1. The lowest BCUT2D eigenvalue weighted by atomic mass is 10.1. The molecule has 2 rings (SSSR count). The van der Waals surface area contributed by atoms with E-state index in [9.17, 15) is 14.9 Å². The number of benzene rings is 1. The number of halogens is 1. The highest BCUT2D eigenvalue weighted by molar-refractivity contribution is 8.01. The van der Waals surface area contributed by atoms with Gasteiger partial charge < -0.3 is 5.11 Å². The lowest BCUT2D eigenvalue weighted by Crippen LogP contribution is -2.14. The molecule has 5 nitrogen and oxygen atoms in total. The van der Waals surface area contributed by atoms with Crippen molar-refractivity contribution in [2.75, 3.05) is 0 Å². The van der Waals surface area contributed by atoms with Crippen molar-refractivity contribution in [3.05, 3.63) is 44.1 Å². The summed E-state index contributed by atoms with van der Waals surface area (Å²) in [7, 11) is 0. The van der Waals surface area contributed by atoms with E-state index in [0.29, 0.717) is 17.0 Å². The first-order chi connectivity index (χ1) is 8.88. The first-order valence-electron chi connectivity index (χ1n) is 5.43. The second kappa shape index (κ2) is 5.22. The van der Waals surface area contributed by atoms with Gasteiger partial charge in [0.15, 0.2) is 0 Å². The normalized spacial score (nSPS) is 18.2. The van der Waals surface area contributed by atoms with Gasteiger partial charge in [-0.05, 0) is 29.7 Å². The van der Waals surface area contributed by atoms with Crippen LogP contribution in [0.15, 0.2) is 22.7 Å². The molecule has 0 fully saturated rings. The van der Waals surface area contributed by atoms with Gasteiger partial charge in [0.05, 0.1) is 4.92 Å². The largest absolute Gasteiger partial charge is 0.480 e. The van der Waals surface area contributed by atoms with Crippen molar-refractivity contribution in [1.29, 1.82) is 0 Å². The molecule has 1 aliphatic rings. The Balaban J connectivity index is 2.37. The predicted molar refractivity (Wildman–Crippen MR) is 73.1 cm³/mol. The fourth-order valence-corrected chi connectivity index (χ4v) is 3.24. The maximum Gasteiger partial charge on any atom is 0.317 e. The van der Waals surface area contributed by atoms with Gasteiger partial charge in [-0.3, -0.25) is 14.9 Å². The van der Waals surface area contributed by atoms with Crippen LogP contribution in [-0.2, 0) is 11.2 Å².